The molecule has 0 aliphatic rings. The third-order valence-electron chi connectivity index (χ3n) is 3.06. The number of benzene rings is 2. The van der Waals surface area contributed by atoms with E-state index in [0.717, 1.165) is 11.1 Å². The molecular weight excluding hydrogens is 303 g/mol. The highest BCUT2D eigenvalue weighted by molar-refractivity contribution is 6.31. The van der Waals surface area contributed by atoms with E-state index in [1.54, 1.807) is 30.3 Å². The summed E-state index contributed by atoms with van der Waals surface area (Å²) in [6.07, 6.45) is 1.86. The molecule has 0 heterocycles. The highest BCUT2D eigenvalue weighted by atomic mass is 35.5. The normalized spacial score (nSPS) is 11.0. The number of nitrogens with two attached hydrogens (primary N) is 1. The standard InChI is InChI=1S/C17H12ClFN2O/c18-16-9-12(7-14(10-20)17(21)22)4-5-13(16)6-11-2-1-3-15(19)8-11/h1-5,7-9H,6H2,(H2,21,22)/b14-7+. The maximum absolute atomic E-state index is 13.2. The molecule has 0 bridgehead atoms. The van der Waals surface area contributed by atoms with Gasteiger partial charge in [-0.3, -0.25) is 4.79 Å². The second kappa shape index (κ2) is 6.88. The zero-order valence-electron chi connectivity index (χ0n) is 11.5. The van der Waals surface area contributed by atoms with E-state index in [9.17, 15) is 9.18 Å². The molecule has 2 aromatic rings. The molecule has 0 saturated heterocycles. The van der Waals surface area contributed by atoms with Gasteiger partial charge in [0.05, 0.1) is 0 Å². The highest BCUT2D eigenvalue weighted by Crippen LogP contribution is 2.22. The molecule has 0 aliphatic heterocycles. The minimum atomic E-state index is -0.789. The fourth-order valence-corrected chi connectivity index (χ4v) is 2.24. The third kappa shape index (κ3) is 3.94. The fraction of sp³-hybridized carbons (Fsp3) is 0.0588. The first-order valence-corrected chi connectivity index (χ1v) is 6.82. The smallest absolute Gasteiger partial charge is 0.259 e. The lowest BCUT2D eigenvalue weighted by Gasteiger charge is -2.06. The molecule has 0 aliphatic carbocycles. The number of nitrogens with zero attached hydrogens (tertiary/aromatic N) is 1. The van der Waals surface area contributed by atoms with Crippen molar-refractivity contribution in [1.29, 1.82) is 5.26 Å². The van der Waals surface area contributed by atoms with Crippen molar-refractivity contribution in [3.63, 3.8) is 0 Å². The second-order valence-electron chi connectivity index (χ2n) is 4.69. The van der Waals surface area contributed by atoms with E-state index in [1.807, 2.05) is 6.07 Å². The molecule has 110 valence electrons. The average molecular weight is 315 g/mol. The van der Waals surface area contributed by atoms with Gasteiger partial charge in [0.1, 0.15) is 17.5 Å². The number of carbonyl (C=O) groups is 1. The van der Waals surface area contributed by atoms with Gasteiger partial charge in [-0.25, -0.2) is 4.39 Å². The summed E-state index contributed by atoms with van der Waals surface area (Å²) in [5.74, 6) is -1.09. The summed E-state index contributed by atoms with van der Waals surface area (Å²) in [5, 5.41) is 9.29. The summed E-state index contributed by atoms with van der Waals surface area (Å²) in [5.41, 5.74) is 7.16. The number of hydrogen-bond acceptors (Lipinski definition) is 2. The Morgan fingerprint density at radius 1 is 1.32 bits per heavy atom. The van der Waals surface area contributed by atoms with Crippen molar-refractivity contribution in [2.45, 2.75) is 6.42 Å². The third-order valence-corrected chi connectivity index (χ3v) is 3.41. The summed E-state index contributed by atoms with van der Waals surface area (Å²) in [4.78, 5) is 11.0. The topological polar surface area (TPSA) is 66.9 Å². The number of carbonyl (C=O) groups excluding carboxylic acids is 1. The van der Waals surface area contributed by atoms with Gasteiger partial charge in [0, 0.05) is 5.02 Å². The lowest BCUT2D eigenvalue weighted by Crippen LogP contribution is -2.12. The van der Waals surface area contributed by atoms with E-state index >= 15 is 0 Å². The fourth-order valence-electron chi connectivity index (χ4n) is 1.99. The van der Waals surface area contributed by atoms with Gasteiger partial charge in [-0.15, -0.1) is 0 Å². The molecule has 0 spiro atoms. The maximum Gasteiger partial charge on any atom is 0.259 e. The van der Waals surface area contributed by atoms with Crippen LogP contribution < -0.4 is 5.73 Å². The number of nitriles is 1. The van der Waals surface area contributed by atoms with Crippen molar-refractivity contribution in [3.05, 3.63) is 75.6 Å². The van der Waals surface area contributed by atoms with Gasteiger partial charge in [-0.1, -0.05) is 35.9 Å². The largest absolute Gasteiger partial charge is 0.365 e. The van der Waals surface area contributed by atoms with Crippen LogP contribution in [0.5, 0.6) is 0 Å². The summed E-state index contributed by atoms with van der Waals surface area (Å²) < 4.78 is 13.2. The molecule has 0 radical (unpaired) electrons. The Bertz CT molecular complexity index is 793. The molecule has 2 aromatic carbocycles. The zero-order chi connectivity index (χ0) is 16.1. The number of halogens is 2. The van der Waals surface area contributed by atoms with Gasteiger partial charge in [-0.2, -0.15) is 5.26 Å². The molecular formula is C17H12ClFN2O. The van der Waals surface area contributed by atoms with E-state index in [1.165, 1.54) is 18.2 Å². The lowest BCUT2D eigenvalue weighted by atomic mass is 10.0. The van der Waals surface area contributed by atoms with Crippen LogP contribution in [-0.4, -0.2) is 5.91 Å². The monoisotopic (exact) mass is 314 g/mol. The first-order chi connectivity index (χ1) is 10.5. The van der Waals surface area contributed by atoms with E-state index in [4.69, 9.17) is 22.6 Å². The van der Waals surface area contributed by atoms with Crippen LogP contribution in [0.1, 0.15) is 16.7 Å². The first-order valence-electron chi connectivity index (χ1n) is 6.44. The van der Waals surface area contributed by atoms with Crippen LogP contribution >= 0.6 is 11.6 Å². The van der Waals surface area contributed by atoms with Gasteiger partial charge >= 0.3 is 0 Å². The Hall–Kier alpha value is -2.64. The second-order valence-corrected chi connectivity index (χ2v) is 5.10. The molecule has 0 fully saturated rings. The minimum absolute atomic E-state index is 0.144. The van der Waals surface area contributed by atoms with Gasteiger partial charge in [0.2, 0.25) is 0 Å². The van der Waals surface area contributed by atoms with Crippen LogP contribution in [0.25, 0.3) is 6.08 Å². The Balaban J connectivity index is 2.27. The number of hydrogen-bond donors (Lipinski definition) is 1. The van der Waals surface area contributed by atoms with Crippen molar-refractivity contribution >= 4 is 23.6 Å². The quantitative estimate of drug-likeness (QED) is 0.693. The number of primary amides is 1. The molecule has 1 amide bonds. The number of rotatable bonds is 4. The van der Waals surface area contributed by atoms with Crippen LogP contribution in [0, 0.1) is 17.1 Å². The Labute approximate surface area is 132 Å². The predicted molar refractivity (Wildman–Crippen MR) is 83.4 cm³/mol. The SMILES string of the molecule is N#C/C(=C\c1ccc(Cc2cccc(F)c2)c(Cl)c1)C(N)=O. The molecule has 2 rings (SSSR count). The van der Waals surface area contributed by atoms with Crippen molar-refractivity contribution in [3.8, 4) is 6.07 Å². The molecule has 0 unspecified atom stereocenters. The van der Waals surface area contributed by atoms with Crippen LogP contribution in [-0.2, 0) is 11.2 Å². The summed E-state index contributed by atoms with van der Waals surface area (Å²) in [6.45, 7) is 0. The van der Waals surface area contributed by atoms with Crippen molar-refractivity contribution in [2.75, 3.05) is 0 Å². The van der Waals surface area contributed by atoms with E-state index < -0.39 is 5.91 Å². The maximum atomic E-state index is 13.2. The summed E-state index contributed by atoms with van der Waals surface area (Å²) >= 11 is 6.20. The van der Waals surface area contributed by atoms with E-state index in [2.05, 4.69) is 0 Å². The lowest BCUT2D eigenvalue weighted by molar-refractivity contribution is -0.114. The van der Waals surface area contributed by atoms with E-state index in [0.29, 0.717) is 17.0 Å². The van der Waals surface area contributed by atoms with Crippen LogP contribution in [0.15, 0.2) is 48.0 Å². The molecule has 22 heavy (non-hydrogen) atoms. The van der Waals surface area contributed by atoms with Gasteiger partial charge in [0.15, 0.2) is 0 Å². The minimum Gasteiger partial charge on any atom is -0.365 e. The van der Waals surface area contributed by atoms with Gasteiger partial charge in [-0.05, 0) is 47.4 Å². The molecule has 5 heteroatoms. The van der Waals surface area contributed by atoms with E-state index in [-0.39, 0.29) is 11.4 Å². The van der Waals surface area contributed by atoms with Crippen LogP contribution in [0.3, 0.4) is 0 Å². The average Bonchev–Trinajstić information content (AvgIpc) is 2.47. The summed E-state index contributed by atoms with van der Waals surface area (Å²) in [7, 11) is 0. The molecule has 0 saturated carbocycles. The summed E-state index contributed by atoms with van der Waals surface area (Å²) in [6, 6.07) is 13.1. The van der Waals surface area contributed by atoms with Crippen molar-refractivity contribution < 1.29 is 9.18 Å². The molecule has 0 atom stereocenters. The van der Waals surface area contributed by atoms with Gasteiger partial charge < -0.3 is 5.73 Å². The van der Waals surface area contributed by atoms with Crippen molar-refractivity contribution in [2.24, 2.45) is 5.73 Å². The number of amides is 1. The zero-order valence-corrected chi connectivity index (χ0v) is 12.3. The first kappa shape index (κ1) is 15.7. The Morgan fingerprint density at radius 2 is 2.09 bits per heavy atom. The van der Waals surface area contributed by atoms with Crippen LogP contribution in [0.2, 0.25) is 5.02 Å². The van der Waals surface area contributed by atoms with Gasteiger partial charge in [0.25, 0.3) is 5.91 Å². The Morgan fingerprint density at radius 3 is 2.68 bits per heavy atom. The van der Waals surface area contributed by atoms with Crippen LogP contribution in [0.4, 0.5) is 4.39 Å². The molecule has 2 N–H and O–H groups in total. The van der Waals surface area contributed by atoms with Crippen molar-refractivity contribution in [1.82, 2.24) is 0 Å². The predicted octanol–water partition coefficient (Wildman–Crippen LogP) is 3.46. The highest BCUT2D eigenvalue weighted by Gasteiger charge is 2.06. The Kier molecular flexibility index (Phi) is 4.92. The molecule has 3 nitrogen and oxygen atoms in total. The molecule has 0 aromatic heterocycles.